The summed E-state index contributed by atoms with van der Waals surface area (Å²) in [4.78, 5) is 7.33. The molecule has 2 rings (SSSR count). The summed E-state index contributed by atoms with van der Waals surface area (Å²) >= 11 is 0. The van der Waals surface area contributed by atoms with E-state index in [1.807, 2.05) is 18.2 Å². The van der Waals surface area contributed by atoms with E-state index >= 15 is 0 Å². The highest BCUT2D eigenvalue weighted by atomic mass is 16.5. The third-order valence-corrected chi connectivity index (χ3v) is 5.00. The molecule has 0 radical (unpaired) electrons. The van der Waals surface area contributed by atoms with E-state index in [0.29, 0.717) is 6.54 Å². The molecule has 26 heavy (non-hydrogen) atoms. The van der Waals surface area contributed by atoms with Gasteiger partial charge in [-0.25, -0.2) is 4.99 Å². The van der Waals surface area contributed by atoms with Crippen LogP contribution in [0.5, 0.6) is 5.75 Å². The van der Waals surface area contributed by atoms with Crippen molar-refractivity contribution in [3.8, 4) is 5.75 Å². The Kier molecular flexibility index (Phi) is 9.32. The number of hydrogen-bond donors (Lipinski definition) is 2. The van der Waals surface area contributed by atoms with Gasteiger partial charge in [-0.1, -0.05) is 18.6 Å². The van der Waals surface area contributed by atoms with Crippen LogP contribution in [-0.2, 0) is 6.54 Å². The fourth-order valence-corrected chi connectivity index (χ4v) is 3.42. The number of piperidine rings is 1. The standard InChI is InChI=1S/C21H36N4O/c1-4-22-21(24-17-19-11-9-12-20(16-19)26-3)23-13-6-8-15-25-14-7-5-10-18(25)2/h9,11-12,16,18H,4-8,10,13-15,17H2,1-3H3,(H2,22,23,24). The third kappa shape index (κ3) is 7.24. The van der Waals surface area contributed by atoms with E-state index in [2.05, 4.69) is 40.4 Å². The molecule has 1 aliphatic rings. The number of rotatable bonds is 9. The van der Waals surface area contributed by atoms with Gasteiger partial charge in [0, 0.05) is 19.1 Å². The van der Waals surface area contributed by atoms with Crippen molar-refractivity contribution in [2.24, 2.45) is 4.99 Å². The lowest BCUT2D eigenvalue weighted by molar-refractivity contribution is 0.158. The van der Waals surface area contributed by atoms with Gasteiger partial charge in [-0.05, 0) is 70.3 Å². The van der Waals surface area contributed by atoms with Crippen LogP contribution in [0.15, 0.2) is 29.3 Å². The zero-order valence-electron chi connectivity index (χ0n) is 16.8. The maximum Gasteiger partial charge on any atom is 0.191 e. The fraction of sp³-hybridized carbons (Fsp3) is 0.667. The second-order valence-electron chi connectivity index (χ2n) is 7.06. The number of likely N-dealkylation sites (tertiary alicyclic amines) is 1. The molecule has 0 aromatic heterocycles. The van der Waals surface area contributed by atoms with Crippen molar-refractivity contribution >= 4 is 5.96 Å². The molecule has 1 aromatic carbocycles. The average Bonchev–Trinajstić information content (AvgIpc) is 2.67. The van der Waals surface area contributed by atoms with Gasteiger partial charge in [0.15, 0.2) is 5.96 Å². The van der Waals surface area contributed by atoms with Crippen molar-refractivity contribution in [2.75, 3.05) is 33.3 Å². The van der Waals surface area contributed by atoms with E-state index < -0.39 is 0 Å². The predicted octanol–water partition coefficient (Wildman–Crippen LogP) is 3.40. The number of aliphatic imine (C=N–C) groups is 1. The number of hydrogen-bond acceptors (Lipinski definition) is 3. The van der Waals surface area contributed by atoms with Crippen molar-refractivity contribution in [1.82, 2.24) is 15.5 Å². The number of ether oxygens (including phenoxy) is 1. The topological polar surface area (TPSA) is 48.9 Å². The van der Waals surface area contributed by atoms with Crippen molar-refractivity contribution in [3.05, 3.63) is 29.8 Å². The van der Waals surface area contributed by atoms with Gasteiger partial charge in [0.05, 0.1) is 13.7 Å². The van der Waals surface area contributed by atoms with Crippen LogP contribution in [-0.4, -0.2) is 50.2 Å². The molecule has 0 amide bonds. The molecule has 1 unspecified atom stereocenters. The van der Waals surface area contributed by atoms with Crippen LogP contribution >= 0.6 is 0 Å². The summed E-state index contributed by atoms with van der Waals surface area (Å²) in [5.41, 5.74) is 1.15. The molecular weight excluding hydrogens is 324 g/mol. The molecule has 1 aliphatic heterocycles. The van der Waals surface area contributed by atoms with Gasteiger partial charge < -0.3 is 20.3 Å². The van der Waals surface area contributed by atoms with Crippen molar-refractivity contribution in [3.63, 3.8) is 0 Å². The highest BCUT2D eigenvalue weighted by Crippen LogP contribution is 2.16. The molecule has 0 bridgehead atoms. The van der Waals surface area contributed by atoms with Crippen LogP contribution < -0.4 is 15.4 Å². The minimum atomic E-state index is 0.651. The fourth-order valence-electron chi connectivity index (χ4n) is 3.42. The molecule has 1 atom stereocenters. The normalized spacial score (nSPS) is 18.6. The van der Waals surface area contributed by atoms with Crippen LogP contribution in [0.4, 0.5) is 0 Å². The second-order valence-corrected chi connectivity index (χ2v) is 7.06. The molecular formula is C21H36N4O. The van der Waals surface area contributed by atoms with Crippen LogP contribution in [0, 0.1) is 0 Å². The average molecular weight is 361 g/mol. The SMILES string of the molecule is CCNC(=NCc1cccc(OC)c1)NCCCCN1CCCCC1C. The Balaban J connectivity index is 1.71. The third-order valence-electron chi connectivity index (χ3n) is 5.00. The van der Waals surface area contributed by atoms with E-state index in [0.717, 1.165) is 36.4 Å². The smallest absolute Gasteiger partial charge is 0.191 e. The van der Waals surface area contributed by atoms with E-state index in [4.69, 9.17) is 4.74 Å². The number of methoxy groups -OCH3 is 1. The molecule has 1 fully saturated rings. The lowest BCUT2D eigenvalue weighted by Crippen LogP contribution is -2.39. The first-order valence-corrected chi connectivity index (χ1v) is 10.1. The molecule has 1 aromatic rings. The molecule has 5 heteroatoms. The highest BCUT2D eigenvalue weighted by molar-refractivity contribution is 5.79. The molecule has 2 N–H and O–H groups in total. The Morgan fingerprint density at radius 2 is 2.15 bits per heavy atom. The van der Waals surface area contributed by atoms with Gasteiger partial charge in [-0.3, -0.25) is 0 Å². The van der Waals surface area contributed by atoms with Crippen LogP contribution in [0.3, 0.4) is 0 Å². The Bertz CT molecular complexity index is 547. The zero-order valence-corrected chi connectivity index (χ0v) is 16.8. The van der Waals surface area contributed by atoms with Gasteiger partial charge in [0.25, 0.3) is 0 Å². The first-order valence-electron chi connectivity index (χ1n) is 10.1. The first-order chi connectivity index (χ1) is 12.7. The van der Waals surface area contributed by atoms with E-state index in [1.165, 1.54) is 45.2 Å². The minimum Gasteiger partial charge on any atom is -0.497 e. The van der Waals surface area contributed by atoms with Gasteiger partial charge in [0.1, 0.15) is 5.75 Å². The van der Waals surface area contributed by atoms with Crippen LogP contribution in [0.25, 0.3) is 0 Å². The van der Waals surface area contributed by atoms with Crippen LogP contribution in [0.1, 0.15) is 51.5 Å². The summed E-state index contributed by atoms with van der Waals surface area (Å²) < 4.78 is 5.27. The number of guanidine groups is 1. The van der Waals surface area contributed by atoms with E-state index in [9.17, 15) is 0 Å². The summed E-state index contributed by atoms with van der Waals surface area (Å²) in [7, 11) is 1.69. The van der Waals surface area contributed by atoms with Gasteiger partial charge in [-0.15, -0.1) is 0 Å². The number of benzene rings is 1. The van der Waals surface area contributed by atoms with Crippen molar-refractivity contribution < 1.29 is 4.74 Å². The zero-order chi connectivity index (χ0) is 18.6. The Hall–Kier alpha value is -1.75. The van der Waals surface area contributed by atoms with Gasteiger partial charge >= 0.3 is 0 Å². The maximum absolute atomic E-state index is 5.27. The van der Waals surface area contributed by atoms with Crippen LogP contribution in [0.2, 0.25) is 0 Å². The molecule has 0 aliphatic carbocycles. The summed E-state index contributed by atoms with van der Waals surface area (Å²) in [5, 5.41) is 6.78. The number of nitrogens with zero attached hydrogens (tertiary/aromatic N) is 2. The quantitative estimate of drug-likeness (QED) is 0.403. The van der Waals surface area contributed by atoms with E-state index in [1.54, 1.807) is 7.11 Å². The molecule has 5 nitrogen and oxygen atoms in total. The molecule has 0 spiro atoms. The second kappa shape index (κ2) is 11.8. The first kappa shape index (κ1) is 20.6. The molecule has 1 heterocycles. The number of nitrogens with one attached hydrogen (secondary N) is 2. The monoisotopic (exact) mass is 360 g/mol. The Labute approximate surface area is 159 Å². The van der Waals surface area contributed by atoms with Gasteiger partial charge in [0.2, 0.25) is 0 Å². The Morgan fingerprint density at radius 3 is 2.92 bits per heavy atom. The summed E-state index contributed by atoms with van der Waals surface area (Å²) in [5.74, 6) is 1.77. The lowest BCUT2D eigenvalue weighted by atomic mass is 10.0. The largest absolute Gasteiger partial charge is 0.497 e. The lowest BCUT2D eigenvalue weighted by Gasteiger charge is -2.33. The van der Waals surface area contributed by atoms with E-state index in [-0.39, 0.29) is 0 Å². The molecule has 146 valence electrons. The maximum atomic E-state index is 5.27. The molecule has 1 saturated heterocycles. The number of unbranched alkanes of at least 4 members (excludes halogenated alkanes) is 1. The molecule has 0 saturated carbocycles. The Morgan fingerprint density at radius 1 is 1.27 bits per heavy atom. The summed E-state index contributed by atoms with van der Waals surface area (Å²) in [6.07, 6.45) is 6.54. The van der Waals surface area contributed by atoms with Crippen molar-refractivity contribution in [1.29, 1.82) is 0 Å². The summed E-state index contributed by atoms with van der Waals surface area (Å²) in [6.45, 7) is 9.45. The predicted molar refractivity (Wildman–Crippen MR) is 110 cm³/mol. The highest BCUT2D eigenvalue weighted by Gasteiger charge is 2.16. The van der Waals surface area contributed by atoms with Gasteiger partial charge in [-0.2, -0.15) is 0 Å². The minimum absolute atomic E-state index is 0.651. The van der Waals surface area contributed by atoms with Crippen molar-refractivity contribution in [2.45, 2.75) is 58.5 Å². The summed E-state index contributed by atoms with van der Waals surface area (Å²) in [6, 6.07) is 8.84.